The highest BCUT2D eigenvalue weighted by Gasteiger charge is 2.23. The molecular formula is C32H27N3O3S3. The maximum Gasteiger partial charge on any atom is 0.271 e. The smallest absolute Gasteiger partial charge is 0.271 e. The minimum Gasteiger partial charge on any atom is -0.341 e. The van der Waals surface area contributed by atoms with Gasteiger partial charge in [0.25, 0.3) is 10.0 Å². The lowest BCUT2D eigenvalue weighted by molar-refractivity contribution is -0.115. The van der Waals surface area contributed by atoms with E-state index in [1.165, 1.54) is 28.6 Å². The summed E-state index contributed by atoms with van der Waals surface area (Å²) in [5.41, 5.74) is 4.38. The molecule has 2 heterocycles. The minimum absolute atomic E-state index is 0.137. The van der Waals surface area contributed by atoms with Crippen molar-refractivity contribution in [3.8, 4) is 0 Å². The van der Waals surface area contributed by atoms with Crippen molar-refractivity contribution >= 4 is 72.2 Å². The minimum atomic E-state index is -3.63. The number of nitrogens with zero attached hydrogens (tertiary/aromatic N) is 1. The SMILES string of the molecule is CCn1c2ccccc2c2cc(NC(=O)C(Sc3ccc(NS(=O)(=O)c4cccs4)cc3)c3ccccc3)ccc21. The summed E-state index contributed by atoms with van der Waals surface area (Å²) >= 11 is 2.58. The number of fused-ring (bicyclic) bond motifs is 3. The first kappa shape index (κ1) is 27.1. The molecule has 0 fully saturated rings. The van der Waals surface area contributed by atoms with Crippen molar-refractivity contribution in [1.82, 2.24) is 4.57 Å². The second-order valence-corrected chi connectivity index (χ2v) is 13.5. The zero-order valence-electron chi connectivity index (χ0n) is 22.2. The Morgan fingerprint density at radius 1 is 0.829 bits per heavy atom. The highest BCUT2D eigenvalue weighted by atomic mass is 32.2. The lowest BCUT2D eigenvalue weighted by Gasteiger charge is -2.18. The van der Waals surface area contributed by atoms with E-state index in [1.807, 2.05) is 66.7 Å². The fraction of sp³-hybridized carbons (Fsp3) is 0.0938. The lowest BCUT2D eigenvalue weighted by atomic mass is 10.1. The van der Waals surface area contributed by atoms with Gasteiger partial charge < -0.3 is 9.88 Å². The first-order valence-electron chi connectivity index (χ1n) is 13.1. The molecule has 206 valence electrons. The number of benzene rings is 4. The van der Waals surface area contributed by atoms with Gasteiger partial charge in [-0.2, -0.15) is 0 Å². The average molecular weight is 598 g/mol. The predicted octanol–water partition coefficient (Wildman–Crippen LogP) is 8.15. The lowest BCUT2D eigenvalue weighted by Crippen LogP contribution is -2.19. The highest BCUT2D eigenvalue weighted by molar-refractivity contribution is 8.00. The van der Waals surface area contributed by atoms with Crippen molar-refractivity contribution in [2.75, 3.05) is 10.0 Å². The van der Waals surface area contributed by atoms with E-state index in [0.717, 1.165) is 39.0 Å². The molecule has 1 amide bonds. The topological polar surface area (TPSA) is 80.2 Å². The first-order chi connectivity index (χ1) is 19.9. The Balaban J connectivity index is 1.25. The van der Waals surface area contributed by atoms with Crippen molar-refractivity contribution in [1.29, 1.82) is 0 Å². The van der Waals surface area contributed by atoms with Crippen LogP contribution in [-0.2, 0) is 21.4 Å². The molecule has 0 aliphatic carbocycles. The molecule has 0 saturated carbocycles. The van der Waals surface area contributed by atoms with Crippen LogP contribution in [-0.4, -0.2) is 18.9 Å². The molecule has 9 heteroatoms. The number of amides is 1. The van der Waals surface area contributed by atoms with Gasteiger partial charge >= 0.3 is 0 Å². The number of rotatable bonds is 9. The molecule has 0 bridgehead atoms. The second kappa shape index (κ2) is 11.4. The molecule has 0 spiro atoms. The Labute approximate surface area is 247 Å². The van der Waals surface area contributed by atoms with Gasteiger partial charge in [0.2, 0.25) is 5.91 Å². The van der Waals surface area contributed by atoms with E-state index in [0.29, 0.717) is 5.69 Å². The molecule has 1 unspecified atom stereocenters. The van der Waals surface area contributed by atoms with Crippen LogP contribution in [0.5, 0.6) is 0 Å². The number of aromatic nitrogens is 1. The van der Waals surface area contributed by atoms with E-state index < -0.39 is 15.3 Å². The summed E-state index contributed by atoms with van der Waals surface area (Å²) in [7, 11) is -3.63. The highest BCUT2D eigenvalue weighted by Crippen LogP contribution is 2.38. The quantitative estimate of drug-likeness (QED) is 0.165. The number of hydrogen-bond acceptors (Lipinski definition) is 5. The van der Waals surface area contributed by atoms with Crippen LogP contribution in [0.4, 0.5) is 11.4 Å². The molecule has 0 saturated heterocycles. The van der Waals surface area contributed by atoms with E-state index in [4.69, 9.17) is 0 Å². The van der Waals surface area contributed by atoms with Gasteiger partial charge in [0.05, 0.1) is 0 Å². The van der Waals surface area contributed by atoms with E-state index in [-0.39, 0.29) is 10.1 Å². The molecule has 1 atom stereocenters. The zero-order valence-corrected chi connectivity index (χ0v) is 24.6. The summed E-state index contributed by atoms with van der Waals surface area (Å²) < 4.78 is 30.3. The average Bonchev–Trinajstić information content (AvgIpc) is 3.64. The number of carbonyl (C=O) groups is 1. The van der Waals surface area contributed by atoms with Crippen LogP contribution in [0.1, 0.15) is 17.7 Å². The summed E-state index contributed by atoms with van der Waals surface area (Å²) in [6.45, 7) is 2.99. The molecule has 0 aliphatic rings. The number of para-hydroxylation sites is 1. The number of thiophene rings is 1. The molecule has 2 N–H and O–H groups in total. The van der Waals surface area contributed by atoms with E-state index in [2.05, 4.69) is 39.7 Å². The normalized spacial score (nSPS) is 12.4. The number of sulfonamides is 1. The monoisotopic (exact) mass is 597 g/mol. The molecule has 6 aromatic rings. The van der Waals surface area contributed by atoms with Gasteiger partial charge in [-0.3, -0.25) is 9.52 Å². The Hall–Kier alpha value is -4.05. The van der Waals surface area contributed by atoms with Gasteiger partial charge in [0.1, 0.15) is 9.46 Å². The molecule has 41 heavy (non-hydrogen) atoms. The number of carbonyl (C=O) groups excluding carboxylic acids is 1. The molecule has 0 radical (unpaired) electrons. The second-order valence-electron chi connectivity index (χ2n) is 9.45. The number of anilines is 2. The molecule has 0 aliphatic heterocycles. The number of nitrogens with one attached hydrogen (secondary N) is 2. The van der Waals surface area contributed by atoms with Crippen molar-refractivity contribution in [3.63, 3.8) is 0 Å². The van der Waals surface area contributed by atoms with Crippen LogP contribution >= 0.6 is 23.1 Å². The maximum atomic E-state index is 13.7. The number of hydrogen-bond donors (Lipinski definition) is 2. The van der Waals surface area contributed by atoms with Gasteiger partial charge in [0.15, 0.2) is 0 Å². The van der Waals surface area contributed by atoms with Crippen LogP contribution in [0.15, 0.2) is 124 Å². The summed E-state index contributed by atoms with van der Waals surface area (Å²) in [5, 5.41) is 6.61. The standard InChI is InChI=1S/C32H27N3O3S3/c1-2-35-28-12-7-6-11-26(28)27-21-24(16-19-29(27)35)33-32(36)31(22-9-4-3-5-10-22)40-25-17-14-23(15-18-25)34-41(37,38)30-13-8-20-39-30/h3-21,31,34H,2H2,1H3,(H,33,36). The van der Waals surface area contributed by atoms with Gasteiger partial charge in [-0.15, -0.1) is 23.1 Å². The third-order valence-electron chi connectivity index (χ3n) is 6.82. The van der Waals surface area contributed by atoms with Crippen molar-refractivity contribution in [2.24, 2.45) is 0 Å². The van der Waals surface area contributed by atoms with E-state index in [1.54, 1.807) is 29.6 Å². The molecule has 6 rings (SSSR count). The van der Waals surface area contributed by atoms with E-state index >= 15 is 0 Å². The van der Waals surface area contributed by atoms with Crippen molar-refractivity contribution < 1.29 is 13.2 Å². The summed E-state index contributed by atoms with van der Waals surface area (Å²) in [6, 6.07) is 34.4. The Bertz CT molecular complexity index is 1930. The fourth-order valence-electron chi connectivity index (χ4n) is 4.94. The molecule has 2 aromatic heterocycles. The van der Waals surface area contributed by atoms with Crippen LogP contribution in [0.2, 0.25) is 0 Å². The maximum absolute atomic E-state index is 13.7. The van der Waals surface area contributed by atoms with Gasteiger partial charge in [-0.1, -0.05) is 54.6 Å². The third-order valence-corrected chi connectivity index (χ3v) is 10.9. The van der Waals surface area contributed by atoms with Crippen LogP contribution in [0, 0.1) is 0 Å². The van der Waals surface area contributed by atoms with Crippen molar-refractivity contribution in [2.45, 2.75) is 27.8 Å². The van der Waals surface area contributed by atoms with E-state index in [9.17, 15) is 13.2 Å². The van der Waals surface area contributed by atoms with Gasteiger partial charge in [0, 0.05) is 44.6 Å². The molecule has 6 nitrogen and oxygen atoms in total. The third kappa shape index (κ3) is 5.61. The summed E-state index contributed by atoms with van der Waals surface area (Å²) in [5.74, 6) is -0.137. The fourth-order valence-corrected chi connectivity index (χ4v) is 8.02. The van der Waals surface area contributed by atoms with Crippen LogP contribution < -0.4 is 10.0 Å². The van der Waals surface area contributed by atoms with Crippen molar-refractivity contribution in [3.05, 3.63) is 120 Å². The zero-order chi connectivity index (χ0) is 28.4. The van der Waals surface area contributed by atoms with Crippen LogP contribution in [0.25, 0.3) is 21.8 Å². The summed E-state index contributed by atoms with van der Waals surface area (Å²) in [6.07, 6.45) is 0. The summed E-state index contributed by atoms with van der Waals surface area (Å²) in [4.78, 5) is 14.6. The Morgan fingerprint density at radius 3 is 2.27 bits per heavy atom. The largest absolute Gasteiger partial charge is 0.341 e. The molecular weight excluding hydrogens is 571 g/mol. The first-order valence-corrected chi connectivity index (χ1v) is 16.4. The predicted molar refractivity (Wildman–Crippen MR) is 170 cm³/mol. The van der Waals surface area contributed by atoms with Crippen LogP contribution in [0.3, 0.4) is 0 Å². The van der Waals surface area contributed by atoms with Gasteiger partial charge in [-0.05, 0) is 72.5 Å². The van der Waals surface area contributed by atoms with Gasteiger partial charge in [-0.25, -0.2) is 8.42 Å². The number of aryl methyl sites for hydroxylation is 1. The Kier molecular flexibility index (Phi) is 7.57. The Morgan fingerprint density at radius 2 is 1.54 bits per heavy atom. The number of thioether (sulfide) groups is 1. The molecule has 4 aromatic carbocycles.